The number of nitrogens with zero attached hydrogens (tertiary/aromatic N) is 3. The number of phenols is 1. The summed E-state index contributed by atoms with van der Waals surface area (Å²) >= 11 is 0. The maximum absolute atomic E-state index is 11.7. The summed E-state index contributed by atoms with van der Waals surface area (Å²) in [5.74, 6) is 1.70. The second-order valence-corrected chi connectivity index (χ2v) is 12.9. The fourth-order valence-electron chi connectivity index (χ4n) is 7.43. The third-order valence-electron chi connectivity index (χ3n) is 9.84. The van der Waals surface area contributed by atoms with Crippen molar-refractivity contribution in [1.82, 2.24) is 15.0 Å². The zero-order valence-electron chi connectivity index (χ0n) is 27.9. The van der Waals surface area contributed by atoms with Gasteiger partial charge in [-0.2, -0.15) is 0 Å². The van der Waals surface area contributed by atoms with Gasteiger partial charge in [0.2, 0.25) is 0 Å². The SMILES string of the molecule is Oc1cccc(-c2nc(-c3ccccc3)nc(-c3ccc4ccc5ccccc5c4c3)n2)c1-c1ccccc1-c1cccc2oc3ccccc3c12. The molecule has 1 N–H and O–H groups in total. The summed E-state index contributed by atoms with van der Waals surface area (Å²) in [6.45, 7) is 0. The van der Waals surface area contributed by atoms with E-state index in [2.05, 4.69) is 72.8 Å². The number of furan rings is 1. The van der Waals surface area contributed by atoms with E-state index in [1.54, 1.807) is 6.07 Å². The highest BCUT2D eigenvalue weighted by Crippen LogP contribution is 2.45. The number of rotatable bonds is 5. The van der Waals surface area contributed by atoms with Crippen molar-refractivity contribution < 1.29 is 9.52 Å². The first-order valence-corrected chi connectivity index (χ1v) is 17.3. The molecule has 0 atom stereocenters. The molecule has 5 nitrogen and oxygen atoms in total. The number of hydrogen-bond donors (Lipinski definition) is 1. The lowest BCUT2D eigenvalue weighted by Gasteiger charge is -2.17. The molecule has 0 aliphatic heterocycles. The van der Waals surface area contributed by atoms with Crippen LogP contribution in [0.2, 0.25) is 0 Å². The first kappa shape index (κ1) is 29.8. The largest absolute Gasteiger partial charge is 0.507 e. The summed E-state index contributed by atoms with van der Waals surface area (Å²) in [5, 5.41) is 18.4. The van der Waals surface area contributed by atoms with E-state index in [0.717, 1.165) is 60.5 Å². The topological polar surface area (TPSA) is 72.0 Å². The Bertz CT molecular complexity index is 2990. The quantitative estimate of drug-likeness (QED) is 0.185. The summed E-state index contributed by atoms with van der Waals surface area (Å²) in [6.07, 6.45) is 0. The van der Waals surface area contributed by atoms with Crippen molar-refractivity contribution in [1.29, 1.82) is 0 Å². The second-order valence-electron chi connectivity index (χ2n) is 12.9. The Morgan fingerprint density at radius 2 is 0.981 bits per heavy atom. The van der Waals surface area contributed by atoms with Crippen molar-refractivity contribution in [2.24, 2.45) is 0 Å². The average molecular weight is 668 g/mol. The Balaban J connectivity index is 1.21. The fraction of sp³-hybridized carbons (Fsp3) is 0. The van der Waals surface area contributed by atoms with Crippen molar-refractivity contribution in [3.8, 4) is 62.2 Å². The summed E-state index contributed by atoms with van der Waals surface area (Å²) in [4.78, 5) is 15.3. The Morgan fingerprint density at radius 1 is 0.385 bits per heavy atom. The van der Waals surface area contributed by atoms with Crippen LogP contribution in [0.1, 0.15) is 0 Å². The molecule has 0 unspecified atom stereocenters. The van der Waals surface area contributed by atoms with E-state index in [9.17, 15) is 5.11 Å². The minimum Gasteiger partial charge on any atom is -0.507 e. The van der Waals surface area contributed by atoms with Crippen LogP contribution < -0.4 is 0 Å². The molecule has 0 saturated carbocycles. The minimum atomic E-state index is 0.134. The summed E-state index contributed by atoms with van der Waals surface area (Å²) in [5.41, 5.74) is 7.56. The monoisotopic (exact) mass is 667 g/mol. The van der Waals surface area contributed by atoms with Crippen molar-refractivity contribution in [3.63, 3.8) is 0 Å². The molecule has 2 aromatic heterocycles. The number of aromatic nitrogens is 3. The Hall–Kier alpha value is -7.11. The van der Waals surface area contributed by atoms with Crippen molar-refractivity contribution in [3.05, 3.63) is 170 Å². The molecule has 2 heterocycles. The molecule has 0 bridgehead atoms. The lowest BCUT2D eigenvalue weighted by Crippen LogP contribution is -2.01. The molecule has 8 aromatic carbocycles. The zero-order chi connectivity index (χ0) is 34.6. The van der Waals surface area contributed by atoms with Crippen LogP contribution in [0.5, 0.6) is 5.75 Å². The summed E-state index contributed by atoms with van der Waals surface area (Å²) in [7, 11) is 0. The van der Waals surface area contributed by atoms with Gasteiger partial charge in [0, 0.05) is 33.0 Å². The molecular formula is C47H29N3O2. The Morgan fingerprint density at radius 3 is 1.85 bits per heavy atom. The van der Waals surface area contributed by atoms with Crippen LogP contribution in [0.4, 0.5) is 0 Å². The molecule has 0 amide bonds. The lowest BCUT2D eigenvalue weighted by molar-refractivity contribution is 0.477. The third kappa shape index (κ3) is 4.90. The number of fused-ring (bicyclic) bond motifs is 6. The molecule has 0 spiro atoms. The smallest absolute Gasteiger partial charge is 0.164 e. The van der Waals surface area contributed by atoms with Crippen LogP contribution in [0, 0.1) is 0 Å². The number of aromatic hydroxyl groups is 1. The fourth-order valence-corrected chi connectivity index (χ4v) is 7.43. The molecule has 0 aliphatic carbocycles. The van der Waals surface area contributed by atoms with E-state index in [1.807, 2.05) is 91.0 Å². The average Bonchev–Trinajstić information content (AvgIpc) is 3.60. The van der Waals surface area contributed by atoms with Crippen molar-refractivity contribution >= 4 is 43.5 Å². The lowest BCUT2D eigenvalue weighted by atomic mass is 9.89. The van der Waals surface area contributed by atoms with Crippen molar-refractivity contribution in [2.45, 2.75) is 0 Å². The number of hydrogen-bond acceptors (Lipinski definition) is 5. The maximum atomic E-state index is 11.7. The minimum absolute atomic E-state index is 0.134. The first-order chi connectivity index (χ1) is 25.7. The standard InChI is InChI=1S/C47H29N3O2/c51-40-21-10-20-38(43(40)35-17-7-6-16-34(35)36-19-11-23-42-44(36)37-18-8-9-22-41(37)52-42)47-49-45(31-13-2-1-3-14-31)48-46(50-47)32-27-26-30-25-24-29-12-4-5-15-33(29)39(30)28-32/h1-28,51H. The Kier molecular flexibility index (Phi) is 6.89. The van der Waals surface area contributed by atoms with Crippen LogP contribution in [0.15, 0.2) is 174 Å². The summed E-state index contributed by atoms with van der Waals surface area (Å²) < 4.78 is 6.26. The van der Waals surface area contributed by atoms with Crippen LogP contribution in [0.3, 0.4) is 0 Å². The van der Waals surface area contributed by atoms with Gasteiger partial charge in [-0.15, -0.1) is 0 Å². The highest BCUT2D eigenvalue weighted by molar-refractivity contribution is 6.14. The van der Waals surface area contributed by atoms with Crippen LogP contribution >= 0.6 is 0 Å². The number of benzene rings is 8. The van der Waals surface area contributed by atoms with Gasteiger partial charge in [-0.05, 0) is 62.5 Å². The molecule has 244 valence electrons. The van der Waals surface area contributed by atoms with E-state index in [-0.39, 0.29) is 5.75 Å². The first-order valence-electron chi connectivity index (χ1n) is 17.3. The van der Waals surface area contributed by atoms with Gasteiger partial charge >= 0.3 is 0 Å². The van der Waals surface area contributed by atoms with Gasteiger partial charge in [0.1, 0.15) is 16.9 Å². The summed E-state index contributed by atoms with van der Waals surface area (Å²) in [6, 6.07) is 57.0. The van der Waals surface area contributed by atoms with Gasteiger partial charge < -0.3 is 9.52 Å². The molecule has 5 heteroatoms. The predicted octanol–water partition coefficient (Wildman–Crippen LogP) is 12.1. The van der Waals surface area contributed by atoms with Crippen LogP contribution in [-0.4, -0.2) is 20.1 Å². The van der Waals surface area contributed by atoms with Crippen LogP contribution in [-0.2, 0) is 0 Å². The molecule has 0 saturated heterocycles. The van der Waals surface area contributed by atoms with Gasteiger partial charge in [-0.3, -0.25) is 0 Å². The van der Waals surface area contributed by atoms with Crippen LogP contribution in [0.25, 0.3) is 99.9 Å². The zero-order valence-corrected chi connectivity index (χ0v) is 27.9. The normalized spacial score (nSPS) is 11.5. The van der Waals surface area contributed by atoms with Gasteiger partial charge in [0.15, 0.2) is 17.5 Å². The molecule has 10 rings (SSSR count). The molecule has 0 radical (unpaired) electrons. The van der Waals surface area contributed by atoms with Gasteiger partial charge in [-0.25, -0.2) is 15.0 Å². The van der Waals surface area contributed by atoms with E-state index >= 15 is 0 Å². The van der Waals surface area contributed by atoms with E-state index in [1.165, 1.54) is 10.8 Å². The predicted molar refractivity (Wildman–Crippen MR) is 211 cm³/mol. The highest BCUT2D eigenvalue weighted by Gasteiger charge is 2.22. The highest BCUT2D eigenvalue weighted by atomic mass is 16.3. The number of phenolic OH excluding ortho intramolecular Hbond substituents is 1. The van der Waals surface area contributed by atoms with Crippen molar-refractivity contribution in [2.75, 3.05) is 0 Å². The van der Waals surface area contributed by atoms with E-state index in [0.29, 0.717) is 28.6 Å². The second kappa shape index (κ2) is 12.0. The van der Waals surface area contributed by atoms with Gasteiger partial charge in [0.25, 0.3) is 0 Å². The molecule has 10 aromatic rings. The van der Waals surface area contributed by atoms with Gasteiger partial charge in [0.05, 0.1) is 0 Å². The van der Waals surface area contributed by atoms with Gasteiger partial charge in [-0.1, -0.05) is 146 Å². The maximum Gasteiger partial charge on any atom is 0.164 e. The molecule has 0 fully saturated rings. The van der Waals surface area contributed by atoms with E-state index < -0.39 is 0 Å². The van der Waals surface area contributed by atoms with E-state index in [4.69, 9.17) is 19.4 Å². The number of para-hydroxylation sites is 1. The molecular weight excluding hydrogens is 639 g/mol. The molecule has 52 heavy (non-hydrogen) atoms. The third-order valence-corrected chi connectivity index (χ3v) is 9.84. The Labute approximate surface area is 299 Å². The molecule has 0 aliphatic rings.